The zero-order chi connectivity index (χ0) is 11.0. The van der Waals surface area contributed by atoms with E-state index in [1.54, 1.807) is 6.20 Å². The minimum absolute atomic E-state index is 0.354. The molecule has 15 heavy (non-hydrogen) atoms. The van der Waals surface area contributed by atoms with Crippen molar-refractivity contribution < 1.29 is 4.42 Å². The molecule has 0 saturated heterocycles. The standard InChI is InChI=1S/C12H16N2O/c1-7(2)10-5-9-11(15-10)6-13-12(14-9)8(3)4/h5-8H,1-4H3. The first-order chi connectivity index (χ1) is 7.08. The van der Waals surface area contributed by atoms with Crippen LogP contribution >= 0.6 is 0 Å². The lowest BCUT2D eigenvalue weighted by molar-refractivity contribution is 0.520. The first kappa shape index (κ1) is 10.1. The van der Waals surface area contributed by atoms with E-state index in [1.165, 1.54) is 0 Å². The fourth-order valence-electron chi connectivity index (χ4n) is 1.43. The lowest BCUT2D eigenvalue weighted by Gasteiger charge is -2.00. The van der Waals surface area contributed by atoms with Gasteiger partial charge in [-0.1, -0.05) is 27.7 Å². The van der Waals surface area contributed by atoms with Crippen molar-refractivity contribution in [1.82, 2.24) is 9.97 Å². The summed E-state index contributed by atoms with van der Waals surface area (Å²) in [4.78, 5) is 8.75. The highest BCUT2D eigenvalue weighted by atomic mass is 16.3. The van der Waals surface area contributed by atoms with Crippen LogP contribution in [0.25, 0.3) is 11.1 Å². The summed E-state index contributed by atoms with van der Waals surface area (Å²) in [6.07, 6.45) is 1.77. The van der Waals surface area contributed by atoms with Gasteiger partial charge < -0.3 is 4.42 Å². The van der Waals surface area contributed by atoms with Crippen molar-refractivity contribution in [3.05, 3.63) is 23.8 Å². The number of aromatic nitrogens is 2. The van der Waals surface area contributed by atoms with E-state index >= 15 is 0 Å². The second-order valence-electron chi connectivity index (χ2n) is 4.44. The third-order valence-electron chi connectivity index (χ3n) is 2.39. The largest absolute Gasteiger partial charge is 0.457 e. The first-order valence-corrected chi connectivity index (χ1v) is 5.34. The van der Waals surface area contributed by atoms with E-state index in [4.69, 9.17) is 4.42 Å². The predicted octanol–water partition coefficient (Wildman–Crippen LogP) is 3.47. The number of nitrogens with zero attached hydrogens (tertiary/aromatic N) is 2. The van der Waals surface area contributed by atoms with Crippen LogP contribution in [-0.2, 0) is 0 Å². The van der Waals surface area contributed by atoms with Crippen molar-refractivity contribution in [3.63, 3.8) is 0 Å². The van der Waals surface area contributed by atoms with Crippen LogP contribution in [0.5, 0.6) is 0 Å². The van der Waals surface area contributed by atoms with Gasteiger partial charge in [0.2, 0.25) is 0 Å². The Morgan fingerprint density at radius 1 is 1.13 bits per heavy atom. The van der Waals surface area contributed by atoms with Crippen LogP contribution in [0.3, 0.4) is 0 Å². The molecule has 2 aromatic rings. The van der Waals surface area contributed by atoms with Gasteiger partial charge >= 0.3 is 0 Å². The molecule has 0 unspecified atom stereocenters. The molecule has 2 aromatic heterocycles. The van der Waals surface area contributed by atoms with Crippen molar-refractivity contribution in [2.24, 2.45) is 0 Å². The van der Waals surface area contributed by atoms with Gasteiger partial charge in [0.05, 0.1) is 6.20 Å². The Kier molecular flexibility index (Phi) is 2.47. The molecule has 3 heteroatoms. The van der Waals surface area contributed by atoms with Gasteiger partial charge in [-0.3, -0.25) is 0 Å². The number of furan rings is 1. The molecule has 3 nitrogen and oxygen atoms in total. The summed E-state index contributed by atoms with van der Waals surface area (Å²) in [5.74, 6) is 2.59. The third kappa shape index (κ3) is 1.87. The van der Waals surface area contributed by atoms with Crippen molar-refractivity contribution in [1.29, 1.82) is 0 Å². The summed E-state index contributed by atoms with van der Waals surface area (Å²) in [5, 5.41) is 0. The van der Waals surface area contributed by atoms with Crippen LogP contribution in [0.1, 0.15) is 51.1 Å². The number of fused-ring (bicyclic) bond motifs is 1. The zero-order valence-corrected chi connectivity index (χ0v) is 9.61. The molecule has 0 aromatic carbocycles. The van der Waals surface area contributed by atoms with Crippen molar-refractivity contribution >= 4 is 11.1 Å². The molecule has 0 fully saturated rings. The molecule has 0 aliphatic heterocycles. The van der Waals surface area contributed by atoms with Gasteiger partial charge in [0.1, 0.15) is 17.1 Å². The highest BCUT2D eigenvalue weighted by Crippen LogP contribution is 2.23. The third-order valence-corrected chi connectivity index (χ3v) is 2.39. The van der Waals surface area contributed by atoms with Crippen LogP contribution in [0.2, 0.25) is 0 Å². The maximum Gasteiger partial charge on any atom is 0.171 e. The molecular weight excluding hydrogens is 188 g/mol. The highest BCUT2D eigenvalue weighted by Gasteiger charge is 2.10. The van der Waals surface area contributed by atoms with Gasteiger partial charge in [0.25, 0.3) is 0 Å². The predicted molar refractivity (Wildman–Crippen MR) is 60.0 cm³/mol. The molecule has 0 bridgehead atoms. The molecule has 0 N–H and O–H groups in total. The van der Waals surface area contributed by atoms with E-state index in [2.05, 4.69) is 37.7 Å². The van der Waals surface area contributed by atoms with E-state index in [1.807, 2.05) is 6.07 Å². The summed E-state index contributed by atoms with van der Waals surface area (Å²) in [7, 11) is 0. The molecule has 0 atom stereocenters. The quantitative estimate of drug-likeness (QED) is 0.751. The normalized spacial score (nSPS) is 11.9. The Balaban J connectivity index is 2.52. The van der Waals surface area contributed by atoms with Crippen LogP contribution in [0.15, 0.2) is 16.7 Å². The molecule has 0 spiro atoms. The minimum Gasteiger partial charge on any atom is -0.457 e. The summed E-state index contributed by atoms with van der Waals surface area (Å²) < 4.78 is 5.64. The van der Waals surface area contributed by atoms with Crippen LogP contribution in [-0.4, -0.2) is 9.97 Å². The lowest BCUT2D eigenvalue weighted by atomic mass is 10.1. The van der Waals surface area contributed by atoms with Crippen molar-refractivity contribution in [2.45, 2.75) is 39.5 Å². The second kappa shape index (κ2) is 3.65. The number of hydrogen-bond acceptors (Lipinski definition) is 3. The van der Waals surface area contributed by atoms with Gasteiger partial charge in [0.15, 0.2) is 5.58 Å². The maximum atomic E-state index is 5.64. The van der Waals surface area contributed by atoms with Gasteiger partial charge in [-0.25, -0.2) is 9.97 Å². The molecule has 0 radical (unpaired) electrons. The average molecular weight is 204 g/mol. The van der Waals surface area contributed by atoms with Gasteiger partial charge in [0, 0.05) is 17.9 Å². The fraction of sp³-hybridized carbons (Fsp3) is 0.500. The summed E-state index contributed by atoms with van der Waals surface area (Å²) in [6, 6.07) is 2.01. The Labute approximate surface area is 89.5 Å². The number of rotatable bonds is 2. The molecule has 80 valence electrons. The zero-order valence-electron chi connectivity index (χ0n) is 9.61. The monoisotopic (exact) mass is 204 g/mol. The second-order valence-corrected chi connectivity index (χ2v) is 4.44. The smallest absolute Gasteiger partial charge is 0.171 e. The van der Waals surface area contributed by atoms with Crippen LogP contribution < -0.4 is 0 Å². The molecule has 0 saturated carbocycles. The fourth-order valence-corrected chi connectivity index (χ4v) is 1.43. The molecule has 0 aliphatic rings. The van der Waals surface area contributed by atoms with E-state index in [9.17, 15) is 0 Å². The van der Waals surface area contributed by atoms with E-state index in [-0.39, 0.29) is 0 Å². The molecular formula is C12H16N2O. The van der Waals surface area contributed by atoms with E-state index < -0.39 is 0 Å². The molecule has 0 aliphatic carbocycles. The van der Waals surface area contributed by atoms with Crippen molar-refractivity contribution in [2.75, 3.05) is 0 Å². The maximum absolute atomic E-state index is 5.64. The van der Waals surface area contributed by atoms with Crippen LogP contribution in [0.4, 0.5) is 0 Å². The Bertz CT molecular complexity index is 465. The SMILES string of the molecule is CC(C)c1ncc2oc(C(C)C)cc2n1. The number of hydrogen-bond donors (Lipinski definition) is 0. The first-order valence-electron chi connectivity index (χ1n) is 5.34. The summed E-state index contributed by atoms with van der Waals surface area (Å²) in [5.41, 5.74) is 1.69. The molecule has 2 rings (SSSR count). The topological polar surface area (TPSA) is 38.9 Å². The average Bonchev–Trinajstić information content (AvgIpc) is 2.59. The Morgan fingerprint density at radius 2 is 1.87 bits per heavy atom. The van der Waals surface area contributed by atoms with E-state index in [0.717, 1.165) is 22.7 Å². The van der Waals surface area contributed by atoms with Crippen LogP contribution in [0, 0.1) is 0 Å². The highest BCUT2D eigenvalue weighted by molar-refractivity contribution is 5.72. The minimum atomic E-state index is 0.354. The Hall–Kier alpha value is -1.38. The van der Waals surface area contributed by atoms with Gasteiger partial charge in [-0.2, -0.15) is 0 Å². The van der Waals surface area contributed by atoms with Gasteiger partial charge in [-0.05, 0) is 0 Å². The van der Waals surface area contributed by atoms with Crippen molar-refractivity contribution in [3.8, 4) is 0 Å². The Morgan fingerprint density at radius 3 is 2.47 bits per heavy atom. The summed E-state index contributed by atoms with van der Waals surface area (Å²) >= 11 is 0. The van der Waals surface area contributed by atoms with Gasteiger partial charge in [-0.15, -0.1) is 0 Å². The van der Waals surface area contributed by atoms with E-state index in [0.29, 0.717) is 11.8 Å². The molecule has 0 amide bonds. The summed E-state index contributed by atoms with van der Waals surface area (Å²) in [6.45, 7) is 8.39. The molecule has 2 heterocycles. The lowest BCUT2D eigenvalue weighted by Crippen LogP contribution is -1.95.